The van der Waals surface area contributed by atoms with Crippen molar-refractivity contribution in [2.45, 2.75) is 25.2 Å². The van der Waals surface area contributed by atoms with Gasteiger partial charge in [-0.1, -0.05) is 41.4 Å². The van der Waals surface area contributed by atoms with Crippen LogP contribution in [0.4, 0.5) is 13.2 Å². The molecule has 3 nitrogen and oxygen atoms in total. The van der Waals surface area contributed by atoms with Gasteiger partial charge in [0.1, 0.15) is 0 Å². The minimum atomic E-state index is -4.34. The predicted octanol–water partition coefficient (Wildman–Crippen LogP) is 4.73. The Hall–Kier alpha value is -1.31. The van der Waals surface area contributed by atoms with Gasteiger partial charge in [0.05, 0.1) is 21.7 Å². The van der Waals surface area contributed by atoms with Gasteiger partial charge in [0.25, 0.3) is 0 Å². The topological polar surface area (TPSA) is 26.7 Å². The smallest absolute Gasteiger partial charge is 0.391 e. The summed E-state index contributed by atoms with van der Waals surface area (Å²) in [6, 6.07) is 10.6. The van der Waals surface area contributed by atoms with Crippen LogP contribution in [0.3, 0.4) is 0 Å². The molecule has 0 bridgehead atoms. The average molecular weight is 447 g/mol. The lowest BCUT2D eigenvalue weighted by Gasteiger charge is -2.35. The Morgan fingerprint density at radius 1 is 0.862 bits per heavy atom. The molecule has 29 heavy (non-hydrogen) atoms. The van der Waals surface area contributed by atoms with Crippen LogP contribution in [0, 0.1) is 0 Å². The van der Waals surface area contributed by atoms with Gasteiger partial charge in [-0.2, -0.15) is 13.2 Å². The summed E-state index contributed by atoms with van der Waals surface area (Å²) in [7, 11) is 0. The van der Waals surface area contributed by atoms with Gasteiger partial charge in [-0.05, 0) is 41.8 Å². The molecular formula is C21H23Cl2F3N2O. The number of aliphatic hydroxyl groups is 1. The van der Waals surface area contributed by atoms with Gasteiger partial charge in [0.15, 0.2) is 0 Å². The number of hydrogen-bond acceptors (Lipinski definition) is 3. The fraction of sp³-hybridized carbons (Fsp3) is 0.429. The highest BCUT2D eigenvalue weighted by Gasteiger charge is 2.30. The third kappa shape index (κ3) is 6.59. The third-order valence-corrected chi connectivity index (χ3v) is 5.82. The van der Waals surface area contributed by atoms with E-state index in [1.807, 2.05) is 12.1 Å². The van der Waals surface area contributed by atoms with E-state index < -0.39 is 17.8 Å². The van der Waals surface area contributed by atoms with Gasteiger partial charge in [0.2, 0.25) is 0 Å². The molecule has 1 aliphatic rings. The summed E-state index contributed by atoms with van der Waals surface area (Å²) in [4.78, 5) is 4.50. The van der Waals surface area contributed by atoms with Gasteiger partial charge >= 0.3 is 6.18 Å². The predicted molar refractivity (Wildman–Crippen MR) is 109 cm³/mol. The van der Waals surface area contributed by atoms with Crippen LogP contribution in [0.1, 0.15) is 16.7 Å². The first-order valence-electron chi connectivity index (χ1n) is 9.43. The molecule has 0 amide bonds. The highest BCUT2D eigenvalue weighted by molar-refractivity contribution is 6.42. The minimum absolute atomic E-state index is 0.335. The number of rotatable bonds is 6. The molecule has 1 aliphatic heterocycles. The van der Waals surface area contributed by atoms with Crippen molar-refractivity contribution in [1.29, 1.82) is 0 Å². The van der Waals surface area contributed by atoms with E-state index in [2.05, 4.69) is 9.80 Å². The number of alkyl halides is 3. The van der Waals surface area contributed by atoms with E-state index in [9.17, 15) is 18.3 Å². The van der Waals surface area contributed by atoms with Crippen molar-refractivity contribution in [3.05, 3.63) is 69.2 Å². The maximum absolute atomic E-state index is 12.6. The lowest BCUT2D eigenvalue weighted by Crippen LogP contribution is -2.48. The van der Waals surface area contributed by atoms with E-state index in [4.69, 9.17) is 23.2 Å². The molecule has 1 N–H and O–H groups in total. The molecule has 1 fully saturated rings. The maximum Gasteiger partial charge on any atom is 0.416 e. The summed E-state index contributed by atoms with van der Waals surface area (Å²) in [6.07, 6.45) is -4.62. The van der Waals surface area contributed by atoms with Crippen LogP contribution in [-0.2, 0) is 19.1 Å². The van der Waals surface area contributed by atoms with Crippen LogP contribution >= 0.6 is 23.2 Å². The molecule has 1 saturated heterocycles. The van der Waals surface area contributed by atoms with Crippen molar-refractivity contribution in [2.24, 2.45) is 0 Å². The van der Waals surface area contributed by atoms with Crippen molar-refractivity contribution in [3.8, 4) is 0 Å². The number of halogens is 5. The first kappa shape index (κ1) is 22.4. The largest absolute Gasteiger partial charge is 0.416 e. The van der Waals surface area contributed by atoms with Crippen LogP contribution < -0.4 is 0 Å². The molecular weight excluding hydrogens is 424 g/mol. The molecule has 0 unspecified atom stereocenters. The number of aliphatic hydroxyl groups excluding tert-OH is 1. The van der Waals surface area contributed by atoms with E-state index in [1.54, 1.807) is 6.07 Å². The first-order valence-corrected chi connectivity index (χ1v) is 10.2. The molecule has 1 atom stereocenters. The third-order valence-electron chi connectivity index (χ3n) is 5.08. The molecule has 158 valence electrons. The van der Waals surface area contributed by atoms with Crippen LogP contribution in [0.5, 0.6) is 0 Å². The molecule has 2 aromatic carbocycles. The molecule has 0 aliphatic carbocycles. The average Bonchev–Trinajstić information content (AvgIpc) is 2.66. The Morgan fingerprint density at radius 2 is 1.45 bits per heavy atom. The fourth-order valence-electron chi connectivity index (χ4n) is 3.49. The van der Waals surface area contributed by atoms with E-state index in [0.717, 1.165) is 50.4 Å². The summed E-state index contributed by atoms with van der Waals surface area (Å²) in [6.45, 7) is 4.68. The second-order valence-corrected chi connectivity index (χ2v) is 8.19. The lowest BCUT2D eigenvalue weighted by molar-refractivity contribution is -0.137. The zero-order chi connectivity index (χ0) is 21.0. The van der Waals surface area contributed by atoms with Crippen LogP contribution in [-0.4, -0.2) is 53.7 Å². The molecule has 1 heterocycles. The minimum Gasteiger partial charge on any atom is -0.391 e. The van der Waals surface area contributed by atoms with Crippen LogP contribution in [0.2, 0.25) is 10.0 Å². The van der Waals surface area contributed by atoms with Crippen molar-refractivity contribution in [3.63, 3.8) is 0 Å². The molecule has 0 radical (unpaired) electrons. The van der Waals surface area contributed by atoms with Gasteiger partial charge in [-0.15, -0.1) is 0 Å². The Morgan fingerprint density at radius 3 is 2.03 bits per heavy atom. The maximum atomic E-state index is 12.6. The normalized spacial score (nSPS) is 17.4. The Bertz CT molecular complexity index is 807. The highest BCUT2D eigenvalue weighted by Crippen LogP contribution is 2.29. The second kappa shape index (κ2) is 9.67. The van der Waals surface area contributed by atoms with Crippen molar-refractivity contribution < 1.29 is 18.3 Å². The van der Waals surface area contributed by atoms with Gasteiger partial charge in [0, 0.05) is 39.3 Å². The summed E-state index contributed by atoms with van der Waals surface area (Å²) < 4.78 is 37.9. The molecule has 3 rings (SSSR count). The number of β-amino-alcohol motifs (C(OH)–C–C–N with tert-alkyl or cyclic N) is 1. The van der Waals surface area contributed by atoms with E-state index in [0.29, 0.717) is 28.6 Å². The molecule has 0 spiro atoms. The molecule has 8 heteroatoms. The summed E-state index contributed by atoms with van der Waals surface area (Å²) in [5.41, 5.74) is 1.13. The first-order chi connectivity index (χ1) is 13.7. The number of piperazine rings is 1. The zero-order valence-corrected chi connectivity index (χ0v) is 17.3. The van der Waals surface area contributed by atoms with Crippen LogP contribution in [0.15, 0.2) is 42.5 Å². The Kier molecular flexibility index (Phi) is 7.46. The van der Waals surface area contributed by atoms with Crippen molar-refractivity contribution >= 4 is 23.2 Å². The van der Waals surface area contributed by atoms with Crippen LogP contribution in [0.25, 0.3) is 0 Å². The number of nitrogens with zero attached hydrogens (tertiary/aromatic N) is 2. The van der Waals surface area contributed by atoms with Crippen molar-refractivity contribution in [2.75, 3.05) is 32.7 Å². The van der Waals surface area contributed by atoms with Gasteiger partial charge in [-0.25, -0.2) is 0 Å². The van der Waals surface area contributed by atoms with Gasteiger partial charge < -0.3 is 5.11 Å². The lowest BCUT2D eigenvalue weighted by atomic mass is 10.0. The molecule has 2 aromatic rings. The molecule has 0 saturated carbocycles. The summed E-state index contributed by atoms with van der Waals surface area (Å²) >= 11 is 12.0. The number of hydrogen-bond donors (Lipinski definition) is 1. The summed E-state index contributed by atoms with van der Waals surface area (Å²) in [5.74, 6) is 0. The van der Waals surface area contributed by atoms with Crippen molar-refractivity contribution in [1.82, 2.24) is 9.80 Å². The monoisotopic (exact) mass is 446 g/mol. The second-order valence-electron chi connectivity index (χ2n) is 7.38. The fourth-order valence-corrected chi connectivity index (χ4v) is 3.81. The quantitative estimate of drug-likeness (QED) is 0.694. The SMILES string of the molecule is O[C@@H](Cc1ccc(C(F)(F)F)cc1)CN1CCN(Cc2ccc(Cl)c(Cl)c2)CC1. The standard InChI is InChI=1S/C21H23Cl2F3N2O/c22-19-6-3-16(12-20(19)23)13-27-7-9-28(10-8-27)14-18(29)11-15-1-4-17(5-2-15)21(24,25)26/h1-6,12,18,29H,7-11,13-14H2/t18-/m0/s1. The van der Waals surface area contributed by atoms with E-state index in [1.165, 1.54) is 12.1 Å². The number of benzene rings is 2. The zero-order valence-electron chi connectivity index (χ0n) is 15.8. The molecule has 0 aromatic heterocycles. The van der Waals surface area contributed by atoms with E-state index in [-0.39, 0.29) is 0 Å². The van der Waals surface area contributed by atoms with Gasteiger partial charge in [-0.3, -0.25) is 9.80 Å². The van der Waals surface area contributed by atoms with E-state index >= 15 is 0 Å². The Labute approximate surface area is 178 Å². The summed E-state index contributed by atoms with van der Waals surface area (Å²) in [5, 5.41) is 11.4. The highest BCUT2D eigenvalue weighted by atomic mass is 35.5. The Balaban J connectivity index is 1.43.